The number of aliphatic hydroxyl groups excluding tert-OH is 1. The molecule has 0 radical (unpaired) electrons. The van der Waals surface area contributed by atoms with Crippen LogP contribution in [0, 0.1) is 17.2 Å². The third-order valence-electron chi connectivity index (χ3n) is 7.13. The summed E-state index contributed by atoms with van der Waals surface area (Å²) in [5.41, 5.74) is 0.669. The summed E-state index contributed by atoms with van der Waals surface area (Å²) in [6.45, 7) is 2.54. The predicted octanol–water partition coefficient (Wildman–Crippen LogP) is 2.72. The number of nitrogens with zero attached hydrogens (tertiary/aromatic N) is 4. The van der Waals surface area contributed by atoms with Crippen LogP contribution in [0.5, 0.6) is 0 Å². The van der Waals surface area contributed by atoms with E-state index in [0.29, 0.717) is 41.3 Å². The van der Waals surface area contributed by atoms with Gasteiger partial charge in [0, 0.05) is 37.4 Å². The van der Waals surface area contributed by atoms with Crippen LogP contribution in [-0.4, -0.2) is 49.8 Å². The summed E-state index contributed by atoms with van der Waals surface area (Å²) in [6.07, 6.45) is 1.11. The quantitative estimate of drug-likeness (QED) is 0.429. The average molecular weight is 551 g/mol. The molecule has 11 nitrogen and oxygen atoms in total. The van der Waals surface area contributed by atoms with E-state index in [9.17, 15) is 24.3 Å². The lowest BCUT2D eigenvalue weighted by Crippen LogP contribution is -2.45. The Morgan fingerprint density at radius 1 is 1.10 bits per heavy atom. The lowest BCUT2D eigenvalue weighted by Gasteiger charge is -2.24. The molecule has 2 heterocycles. The normalized spacial score (nSPS) is 18.7. The Morgan fingerprint density at radius 2 is 1.82 bits per heavy atom. The molecule has 3 aromatic rings. The number of aryl methyl sites for hydroxylation is 1. The molecule has 0 unspecified atom stereocenters. The number of hydrogen-bond acceptors (Lipinski definition) is 6. The lowest BCUT2D eigenvalue weighted by atomic mass is 10.1. The number of benzene rings is 2. The van der Waals surface area contributed by atoms with Gasteiger partial charge < -0.3 is 20.6 Å². The molecule has 2 atom stereocenters. The summed E-state index contributed by atoms with van der Waals surface area (Å²) in [4.78, 5) is 53.6. The van der Waals surface area contributed by atoms with E-state index in [2.05, 4.69) is 10.6 Å². The van der Waals surface area contributed by atoms with Crippen LogP contribution in [0.3, 0.4) is 0 Å². The third-order valence-corrected chi connectivity index (χ3v) is 7.44. The highest BCUT2D eigenvalue weighted by atomic mass is 35.5. The van der Waals surface area contributed by atoms with Crippen molar-refractivity contribution in [2.45, 2.75) is 51.4 Å². The number of halogens is 1. The molecule has 1 saturated heterocycles. The predicted molar refractivity (Wildman–Crippen MR) is 146 cm³/mol. The number of nitrogens with one attached hydrogen (secondary N) is 2. The first kappa shape index (κ1) is 26.5. The van der Waals surface area contributed by atoms with Gasteiger partial charge in [-0.15, -0.1) is 0 Å². The number of aliphatic hydroxyl groups is 1. The average Bonchev–Trinajstić information content (AvgIpc) is 3.65. The molecule has 1 aliphatic heterocycles. The minimum absolute atomic E-state index is 0.0323. The standard InChI is InChI=1S/C27H27ClN6O5/c1-2-32-22-8-7-17(9-20(22)25(37)34(27(32)39)13-15-3-4-15)30-24(36)23-11-19(35)14-33(23)26(38)31-18-6-5-16(12-29)21(28)10-18/h5-10,15,19,23,35H,2-4,11,13-14H2,1H3,(H,30,36)(H,31,38)/t19-,23-/m1/s1. The number of nitriles is 1. The first-order valence-corrected chi connectivity index (χ1v) is 13.1. The summed E-state index contributed by atoms with van der Waals surface area (Å²) in [6, 6.07) is 9.55. The highest BCUT2D eigenvalue weighted by Gasteiger charge is 2.39. The molecule has 39 heavy (non-hydrogen) atoms. The van der Waals surface area contributed by atoms with Crippen LogP contribution in [-0.2, 0) is 17.9 Å². The highest BCUT2D eigenvalue weighted by Crippen LogP contribution is 2.30. The van der Waals surface area contributed by atoms with Crippen molar-refractivity contribution in [2.75, 3.05) is 17.2 Å². The van der Waals surface area contributed by atoms with Gasteiger partial charge in [0.05, 0.1) is 27.6 Å². The lowest BCUT2D eigenvalue weighted by molar-refractivity contribution is -0.119. The van der Waals surface area contributed by atoms with Crippen molar-refractivity contribution in [1.29, 1.82) is 5.26 Å². The Bertz CT molecular complexity index is 1640. The van der Waals surface area contributed by atoms with Gasteiger partial charge in [0.25, 0.3) is 5.56 Å². The molecule has 1 saturated carbocycles. The zero-order chi connectivity index (χ0) is 27.8. The molecule has 0 spiro atoms. The second kappa shape index (κ2) is 10.6. The maximum absolute atomic E-state index is 13.2. The van der Waals surface area contributed by atoms with E-state index in [0.717, 1.165) is 12.8 Å². The van der Waals surface area contributed by atoms with Gasteiger partial charge >= 0.3 is 11.7 Å². The fourth-order valence-electron chi connectivity index (χ4n) is 4.92. The SMILES string of the molecule is CCn1c(=O)n(CC2CC2)c(=O)c2cc(NC(=O)[C@H]3C[C@@H](O)CN3C(=O)Nc3ccc(C#N)c(Cl)c3)ccc21. The van der Waals surface area contributed by atoms with E-state index >= 15 is 0 Å². The number of amides is 3. The molecule has 0 bridgehead atoms. The van der Waals surface area contributed by atoms with Crippen LogP contribution >= 0.6 is 11.6 Å². The molecule has 2 aromatic carbocycles. The van der Waals surface area contributed by atoms with Crippen molar-refractivity contribution >= 4 is 45.8 Å². The number of β-amino-alcohol motifs (C(OH)–C–C–N with tert-alkyl or cyclic N) is 1. The molecule has 2 aliphatic rings. The van der Waals surface area contributed by atoms with Crippen LogP contribution in [0.2, 0.25) is 5.02 Å². The number of anilines is 2. The fraction of sp³-hybridized carbons (Fsp3) is 0.370. The Hall–Kier alpha value is -4.14. The van der Waals surface area contributed by atoms with E-state index in [-0.39, 0.29) is 29.2 Å². The van der Waals surface area contributed by atoms with Crippen LogP contribution in [0.4, 0.5) is 16.2 Å². The van der Waals surface area contributed by atoms with E-state index < -0.39 is 29.6 Å². The van der Waals surface area contributed by atoms with Crippen molar-refractivity contribution < 1.29 is 14.7 Å². The first-order chi connectivity index (χ1) is 18.7. The smallest absolute Gasteiger partial charge is 0.331 e. The number of likely N-dealkylation sites (tertiary alicyclic amines) is 1. The summed E-state index contributed by atoms with van der Waals surface area (Å²) in [5.74, 6) is -0.201. The maximum atomic E-state index is 13.2. The molecule has 2 fully saturated rings. The summed E-state index contributed by atoms with van der Waals surface area (Å²) >= 11 is 6.05. The van der Waals surface area contributed by atoms with Crippen molar-refractivity contribution in [3.05, 3.63) is 67.8 Å². The molecule has 202 valence electrons. The largest absolute Gasteiger partial charge is 0.391 e. The van der Waals surface area contributed by atoms with Crippen LogP contribution in [0.15, 0.2) is 46.0 Å². The van der Waals surface area contributed by atoms with Gasteiger partial charge in [0.2, 0.25) is 5.91 Å². The molecular weight excluding hydrogens is 524 g/mol. The van der Waals surface area contributed by atoms with Gasteiger partial charge in [-0.3, -0.25) is 18.7 Å². The van der Waals surface area contributed by atoms with Gasteiger partial charge in [-0.25, -0.2) is 9.59 Å². The van der Waals surface area contributed by atoms with E-state index in [1.54, 1.807) is 22.8 Å². The van der Waals surface area contributed by atoms with Crippen LogP contribution in [0.1, 0.15) is 31.7 Å². The fourth-order valence-corrected chi connectivity index (χ4v) is 5.14. The number of carbonyl (C=O) groups excluding carboxylic acids is 2. The van der Waals surface area contributed by atoms with Crippen LogP contribution < -0.4 is 21.9 Å². The number of urea groups is 1. The Morgan fingerprint density at radius 3 is 2.49 bits per heavy atom. The number of rotatable bonds is 6. The molecule has 1 aromatic heterocycles. The zero-order valence-corrected chi connectivity index (χ0v) is 21.9. The molecule has 5 rings (SSSR count). The third kappa shape index (κ3) is 5.26. The van der Waals surface area contributed by atoms with Gasteiger partial charge in [-0.1, -0.05) is 11.6 Å². The first-order valence-electron chi connectivity index (χ1n) is 12.7. The van der Waals surface area contributed by atoms with Gasteiger partial charge in [0.1, 0.15) is 12.1 Å². The monoisotopic (exact) mass is 550 g/mol. The molecule has 1 aliphatic carbocycles. The second-order valence-electron chi connectivity index (χ2n) is 9.90. The van der Waals surface area contributed by atoms with Crippen molar-refractivity contribution in [2.24, 2.45) is 5.92 Å². The van der Waals surface area contributed by atoms with Crippen molar-refractivity contribution in [3.63, 3.8) is 0 Å². The van der Waals surface area contributed by atoms with Crippen LogP contribution in [0.25, 0.3) is 10.9 Å². The summed E-state index contributed by atoms with van der Waals surface area (Å²) < 4.78 is 2.81. The van der Waals surface area contributed by atoms with Crippen molar-refractivity contribution in [3.8, 4) is 6.07 Å². The topological polar surface area (TPSA) is 149 Å². The minimum atomic E-state index is -0.972. The molecule has 3 amide bonds. The Labute approximate surface area is 228 Å². The maximum Gasteiger partial charge on any atom is 0.331 e. The van der Waals surface area contributed by atoms with Gasteiger partial charge in [-0.05, 0) is 62.1 Å². The number of aromatic nitrogens is 2. The number of fused-ring (bicyclic) bond motifs is 1. The van der Waals surface area contributed by atoms with E-state index in [1.165, 1.54) is 27.7 Å². The zero-order valence-electron chi connectivity index (χ0n) is 21.2. The Balaban J connectivity index is 1.38. The Kier molecular flexibility index (Phi) is 7.16. The number of hydrogen-bond donors (Lipinski definition) is 3. The minimum Gasteiger partial charge on any atom is -0.391 e. The summed E-state index contributed by atoms with van der Waals surface area (Å²) in [5, 5.41) is 25.2. The van der Waals surface area contributed by atoms with E-state index in [1.807, 2.05) is 13.0 Å². The van der Waals surface area contributed by atoms with Gasteiger partial charge in [-0.2, -0.15) is 5.26 Å². The summed E-state index contributed by atoms with van der Waals surface area (Å²) in [7, 11) is 0. The number of carbonyl (C=O) groups is 2. The molecule has 3 N–H and O–H groups in total. The second-order valence-corrected chi connectivity index (χ2v) is 10.3. The van der Waals surface area contributed by atoms with E-state index in [4.69, 9.17) is 16.9 Å². The molecular formula is C27H27ClN6O5. The van der Waals surface area contributed by atoms with Gasteiger partial charge in [0.15, 0.2) is 0 Å². The highest BCUT2D eigenvalue weighted by molar-refractivity contribution is 6.32. The van der Waals surface area contributed by atoms with Crippen molar-refractivity contribution in [1.82, 2.24) is 14.0 Å². The molecule has 12 heteroatoms.